The molecule has 24 heavy (non-hydrogen) atoms. The lowest BCUT2D eigenvalue weighted by Gasteiger charge is -2.22. The van der Waals surface area contributed by atoms with E-state index in [1.54, 1.807) is 6.92 Å². The number of rotatable bonds is 13. The highest BCUT2D eigenvalue weighted by atomic mass is 16.6. The summed E-state index contributed by atoms with van der Waals surface area (Å²) >= 11 is 0. The van der Waals surface area contributed by atoms with Crippen molar-refractivity contribution in [2.24, 2.45) is 0 Å². The first-order chi connectivity index (χ1) is 11.2. The van der Waals surface area contributed by atoms with Crippen molar-refractivity contribution in [3.05, 3.63) is 0 Å². The van der Waals surface area contributed by atoms with Crippen molar-refractivity contribution in [1.29, 1.82) is 0 Å². The zero-order chi connectivity index (χ0) is 18.4. The Labute approximate surface area is 147 Å². The number of carbonyl (C=O) groups is 2. The van der Waals surface area contributed by atoms with Gasteiger partial charge in [0.2, 0.25) is 0 Å². The Balaban J connectivity index is 3.61. The number of unbranched alkanes of at least 4 members (excludes halogenated alkanes) is 4. The maximum Gasteiger partial charge on any atom is 0.306 e. The quantitative estimate of drug-likeness (QED) is 0.366. The van der Waals surface area contributed by atoms with Gasteiger partial charge in [-0.1, -0.05) is 32.6 Å². The van der Waals surface area contributed by atoms with Gasteiger partial charge in [0, 0.05) is 12.8 Å². The summed E-state index contributed by atoms with van der Waals surface area (Å²) in [6, 6.07) is 0. The Hall–Kier alpha value is -1.10. The maximum atomic E-state index is 11.7. The van der Waals surface area contributed by atoms with Gasteiger partial charge in [0.15, 0.2) is 0 Å². The van der Waals surface area contributed by atoms with E-state index in [2.05, 4.69) is 6.92 Å². The number of carbonyl (C=O) groups excluding carboxylic acids is 2. The molecule has 0 aromatic carbocycles. The summed E-state index contributed by atoms with van der Waals surface area (Å²) in [4.78, 5) is 23.2. The van der Waals surface area contributed by atoms with Crippen LogP contribution in [0.25, 0.3) is 0 Å². The van der Waals surface area contributed by atoms with Crippen molar-refractivity contribution < 1.29 is 23.8 Å². The molecule has 5 nitrogen and oxygen atoms in total. The number of esters is 2. The minimum Gasteiger partial charge on any atom is -0.466 e. The van der Waals surface area contributed by atoms with Crippen LogP contribution < -0.4 is 0 Å². The molecule has 0 heterocycles. The Morgan fingerprint density at radius 1 is 0.917 bits per heavy atom. The zero-order valence-corrected chi connectivity index (χ0v) is 16.2. The molecule has 5 heteroatoms. The highest BCUT2D eigenvalue weighted by molar-refractivity contribution is 5.72. The topological polar surface area (TPSA) is 61.8 Å². The van der Waals surface area contributed by atoms with Crippen LogP contribution in [0.2, 0.25) is 0 Å². The molecule has 0 fully saturated rings. The van der Waals surface area contributed by atoms with Crippen LogP contribution in [0.15, 0.2) is 0 Å². The third-order valence-electron chi connectivity index (χ3n) is 3.36. The van der Waals surface area contributed by atoms with Crippen molar-refractivity contribution in [3.8, 4) is 0 Å². The van der Waals surface area contributed by atoms with Gasteiger partial charge in [0.05, 0.1) is 18.8 Å². The second-order valence-corrected chi connectivity index (χ2v) is 7.21. The first kappa shape index (κ1) is 22.9. The van der Waals surface area contributed by atoms with E-state index in [1.807, 2.05) is 20.8 Å². The summed E-state index contributed by atoms with van der Waals surface area (Å²) < 4.78 is 16.0. The smallest absolute Gasteiger partial charge is 0.306 e. The Morgan fingerprint density at radius 2 is 1.54 bits per heavy atom. The van der Waals surface area contributed by atoms with Crippen LogP contribution in [0.3, 0.4) is 0 Å². The van der Waals surface area contributed by atoms with E-state index in [0.29, 0.717) is 19.6 Å². The van der Waals surface area contributed by atoms with Crippen LogP contribution in [0, 0.1) is 0 Å². The van der Waals surface area contributed by atoms with Crippen LogP contribution in [-0.2, 0) is 23.8 Å². The lowest BCUT2D eigenvalue weighted by molar-refractivity contribution is -0.154. The normalized spacial score (nSPS) is 12.7. The second kappa shape index (κ2) is 13.2. The van der Waals surface area contributed by atoms with Crippen LogP contribution in [0.1, 0.15) is 86.0 Å². The molecule has 0 rings (SSSR count). The predicted molar refractivity (Wildman–Crippen MR) is 94.8 cm³/mol. The average molecular weight is 344 g/mol. The van der Waals surface area contributed by atoms with Gasteiger partial charge < -0.3 is 14.2 Å². The standard InChI is InChI=1S/C19H36O5/c1-6-7-8-9-10-14-22-17(20)12-11-13-18(21)24-16(2)15-23-19(3,4)5/h16H,6-15H2,1-5H3. The molecule has 0 radical (unpaired) electrons. The number of ether oxygens (including phenoxy) is 3. The third kappa shape index (κ3) is 15.8. The fourth-order valence-electron chi connectivity index (χ4n) is 2.03. The summed E-state index contributed by atoms with van der Waals surface area (Å²) in [5.41, 5.74) is -0.249. The minimum absolute atomic E-state index is 0.228. The molecule has 0 aliphatic carbocycles. The molecule has 0 bridgehead atoms. The second-order valence-electron chi connectivity index (χ2n) is 7.21. The third-order valence-corrected chi connectivity index (χ3v) is 3.36. The highest BCUT2D eigenvalue weighted by Crippen LogP contribution is 2.09. The minimum atomic E-state index is -0.299. The van der Waals surface area contributed by atoms with E-state index in [-0.39, 0.29) is 36.5 Å². The van der Waals surface area contributed by atoms with Crippen molar-refractivity contribution in [2.45, 2.75) is 97.7 Å². The molecule has 0 saturated carbocycles. The molecule has 0 amide bonds. The lowest BCUT2D eigenvalue weighted by atomic mass is 10.2. The van der Waals surface area contributed by atoms with Crippen molar-refractivity contribution in [3.63, 3.8) is 0 Å². The van der Waals surface area contributed by atoms with Crippen LogP contribution in [0.5, 0.6) is 0 Å². The van der Waals surface area contributed by atoms with Gasteiger partial charge in [0.1, 0.15) is 6.10 Å². The molecule has 0 aliphatic rings. The van der Waals surface area contributed by atoms with Crippen molar-refractivity contribution in [1.82, 2.24) is 0 Å². The Bertz CT molecular complexity index is 346. The Morgan fingerprint density at radius 3 is 2.17 bits per heavy atom. The van der Waals surface area contributed by atoms with Gasteiger partial charge in [-0.05, 0) is 40.5 Å². The predicted octanol–water partition coefficient (Wildman–Crippen LogP) is 4.42. The van der Waals surface area contributed by atoms with E-state index >= 15 is 0 Å². The molecular formula is C19H36O5. The molecular weight excluding hydrogens is 308 g/mol. The van der Waals surface area contributed by atoms with E-state index in [9.17, 15) is 9.59 Å². The van der Waals surface area contributed by atoms with E-state index in [1.165, 1.54) is 19.3 Å². The number of hydrogen-bond acceptors (Lipinski definition) is 5. The van der Waals surface area contributed by atoms with Gasteiger partial charge in [0.25, 0.3) is 0 Å². The van der Waals surface area contributed by atoms with Gasteiger partial charge in [-0.2, -0.15) is 0 Å². The molecule has 0 aliphatic heterocycles. The van der Waals surface area contributed by atoms with Gasteiger partial charge in [-0.25, -0.2) is 0 Å². The molecule has 0 N–H and O–H groups in total. The summed E-state index contributed by atoms with van der Waals surface area (Å²) in [6.07, 6.45) is 6.30. The van der Waals surface area contributed by atoms with Crippen LogP contribution in [0.4, 0.5) is 0 Å². The summed E-state index contributed by atoms with van der Waals surface area (Å²) in [6.45, 7) is 10.7. The van der Waals surface area contributed by atoms with E-state index < -0.39 is 0 Å². The molecule has 0 spiro atoms. The van der Waals surface area contributed by atoms with E-state index in [0.717, 1.165) is 12.8 Å². The van der Waals surface area contributed by atoms with Gasteiger partial charge in [-0.15, -0.1) is 0 Å². The van der Waals surface area contributed by atoms with Crippen molar-refractivity contribution in [2.75, 3.05) is 13.2 Å². The van der Waals surface area contributed by atoms with Crippen LogP contribution in [-0.4, -0.2) is 36.9 Å². The van der Waals surface area contributed by atoms with E-state index in [4.69, 9.17) is 14.2 Å². The summed E-state index contributed by atoms with van der Waals surface area (Å²) in [5, 5.41) is 0. The first-order valence-corrected chi connectivity index (χ1v) is 9.23. The molecule has 1 unspecified atom stereocenters. The average Bonchev–Trinajstić information content (AvgIpc) is 2.48. The fourth-order valence-corrected chi connectivity index (χ4v) is 2.03. The van der Waals surface area contributed by atoms with Gasteiger partial charge in [-0.3, -0.25) is 9.59 Å². The molecule has 1 atom stereocenters. The zero-order valence-electron chi connectivity index (χ0n) is 16.2. The largest absolute Gasteiger partial charge is 0.466 e. The first-order valence-electron chi connectivity index (χ1n) is 9.23. The fraction of sp³-hybridized carbons (Fsp3) is 0.895. The van der Waals surface area contributed by atoms with Crippen LogP contribution >= 0.6 is 0 Å². The number of hydrogen-bond donors (Lipinski definition) is 0. The van der Waals surface area contributed by atoms with Crippen molar-refractivity contribution >= 4 is 11.9 Å². The SMILES string of the molecule is CCCCCCCOC(=O)CCCC(=O)OC(C)COC(C)(C)C. The molecule has 142 valence electrons. The molecule has 0 saturated heterocycles. The lowest BCUT2D eigenvalue weighted by Crippen LogP contribution is -2.27. The maximum absolute atomic E-state index is 11.7. The monoisotopic (exact) mass is 344 g/mol. The highest BCUT2D eigenvalue weighted by Gasteiger charge is 2.15. The summed E-state index contributed by atoms with van der Waals surface area (Å²) in [7, 11) is 0. The Kier molecular flexibility index (Phi) is 12.6. The van der Waals surface area contributed by atoms with Gasteiger partial charge >= 0.3 is 11.9 Å². The molecule has 0 aromatic rings. The molecule has 0 aromatic heterocycles. The summed E-state index contributed by atoms with van der Waals surface area (Å²) in [5.74, 6) is -0.533.